The molecule has 1 aromatic heterocycles. The Hall–Kier alpha value is -2.79. The average Bonchev–Trinajstić information content (AvgIpc) is 2.65. The number of rotatable bonds is 3. The Balaban J connectivity index is 1.83. The molecule has 1 amide bonds. The van der Waals surface area contributed by atoms with Gasteiger partial charge in [0.05, 0.1) is 22.5 Å². The van der Waals surface area contributed by atoms with E-state index in [4.69, 9.17) is 16.3 Å². The van der Waals surface area contributed by atoms with Crippen LogP contribution in [0.3, 0.4) is 0 Å². The summed E-state index contributed by atoms with van der Waals surface area (Å²) in [6.45, 7) is 4.53. The van der Waals surface area contributed by atoms with Crippen LogP contribution < -0.4 is 15.5 Å². The molecule has 4 rings (SSSR count). The Morgan fingerprint density at radius 3 is 2.93 bits per heavy atom. The van der Waals surface area contributed by atoms with E-state index in [1.807, 2.05) is 36.6 Å². The Kier molecular flexibility index (Phi) is 4.40. The summed E-state index contributed by atoms with van der Waals surface area (Å²) in [5, 5.41) is 3.46. The van der Waals surface area contributed by atoms with Gasteiger partial charge in [0.15, 0.2) is 0 Å². The van der Waals surface area contributed by atoms with Crippen LogP contribution in [0.1, 0.15) is 29.8 Å². The lowest BCUT2D eigenvalue weighted by molar-refractivity contribution is 0.102. The Bertz CT molecular complexity index is 1120. The minimum atomic E-state index is -0.445. The molecule has 6 heteroatoms. The maximum Gasteiger partial charge on any atom is 0.261 e. The van der Waals surface area contributed by atoms with E-state index in [0.717, 1.165) is 12.0 Å². The number of pyridine rings is 1. The van der Waals surface area contributed by atoms with Crippen molar-refractivity contribution in [2.45, 2.75) is 32.9 Å². The number of amides is 1. The van der Waals surface area contributed by atoms with E-state index in [1.165, 1.54) is 0 Å². The van der Waals surface area contributed by atoms with Crippen molar-refractivity contribution < 1.29 is 9.53 Å². The second-order valence-electron chi connectivity index (χ2n) is 6.73. The highest BCUT2D eigenvalue weighted by Gasteiger charge is 2.24. The van der Waals surface area contributed by atoms with Crippen LogP contribution in [0.15, 0.2) is 47.4 Å². The van der Waals surface area contributed by atoms with E-state index >= 15 is 0 Å². The van der Waals surface area contributed by atoms with Crippen LogP contribution in [0, 0.1) is 0 Å². The number of halogens is 1. The number of aromatic nitrogens is 1. The molecule has 1 aliphatic rings. The maximum absolute atomic E-state index is 13.0. The molecule has 0 aliphatic carbocycles. The van der Waals surface area contributed by atoms with Gasteiger partial charge in [0, 0.05) is 11.9 Å². The van der Waals surface area contributed by atoms with Gasteiger partial charge in [0.2, 0.25) is 5.43 Å². The van der Waals surface area contributed by atoms with Crippen molar-refractivity contribution in [3.05, 3.63) is 69.0 Å². The summed E-state index contributed by atoms with van der Waals surface area (Å²) >= 11 is 6.30. The van der Waals surface area contributed by atoms with E-state index < -0.39 is 11.3 Å². The molecule has 0 spiro atoms. The molecule has 2 aromatic carbocycles. The van der Waals surface area contributed by atoms with Crippen molar-refractivity contribution in [1.82, 2.24) is 4.57 Å². The second-order valence-corrected chi connectivity index (χ2v) is 7.14. The van der Waals surface area contributed by atoms with Gasteiger partial charge < -0.3 is 14.6 Å². The third-order valence-corrected chi connectivity index (χ3v) is 5.07. The van der Waals surface area contributed by atoms with Crippen LogP contribution in [-0.2, 0) is 13.0 Å². The zero-order valence-corrected chi connectivity index (χ0v) is 15.8. The number of carbonyl (C=O) groups is 1. The molecule has 0 bridgehead atoms. The van der Waals surface area contributed by atoms with E-state index in [1.54, 1.807) is 24.4 Å². The summed E-state index contributed by atoms with van der Waals surface area (Å²) in [6, 6.07) is 11.0. The highest BCUT2D eigenvalue weighted by molar-refractivity contribution is 6.35. The molecule has 3 aromatic rings. The van der Waals surface area contributed by atoms with Crippen molar-refractivity contribution in [2.24, 2.45) is 0 Å². The Morgan fingerprint density at radius 1 is 1.33 bits per heavy atom. The van der Waals surface area contributed by atoms with Crippen molar-refractivity contribution in [3.8, 4) is 5.75 Å². The van der Waals surface area contributed by atoms with Gasteiger partial charge in [-0.05, 0) is 43.2 Å². The van der Waals surface area contributed by atoms with Gasteiger partial charge in [0.25, 0.3) is 5.91 Å². The van der Waals surface area contributed by atoms with Crippen molar-refractivity contribution in [2.75, 3.05) is 5.32 Å². The molecular weight excluding hydrogens is 364 g/mol. The number of ether oxygens (including phenoxy) is 1. The number of aryl methyl sites for hydroxylation is 1. The third-order valence-electron chi connectivity index (χ3n) is 4.75. The molecule has 1 N–H and O–H groups in total. The summed E-state index contributed by atoms with van der Waals surface area (Å²) in [7, 11) is 0. The van der Waals surface area contributed by atoms with Crippen LogP contribution in [-0.4, -0.2) is 16.6 Å². The monoisotopic (exact) mass is 382 g/mol. The second kappa shape index (κ2) is 6.74. The predicted octanol–water partition coefficient (Wildman–Crippen LogP) is 4.25. The standard InChI is InChI=1S/C21H19ClN2O3/c1-3-13-5-4-6-14(9-13)23-21(26)15-11-24-10-12(2)27-17-8-7-16(22)18(19(17)24)20(15)25/h4-9,11-12H,3,10H2,1-2H3,(H,23,26)/t12-/m0/s1. The van der Waals surface area contributed by atoms with Gasteiger partial charge >= 0.3 is 0 Å². The normalized spacial score (nSPS) is 15.4. The lowest BCUT2D eigenvalue weighted by atomic mass is 10.1. The topological polar surface area (TPSA) is 60.3 Å². The summed E-state index contributed by atoms with van der Waals surface area (Å²) in [5.41, 5.74) is 2.08. The highest BCUT2D eigenvalue weighted by atomic mass is 35.5. The van der Waals surface area contributed by atoms with Gasteiger partial charge in [-0.1, -0.05) is 30.7 Å². The highest BCUT2D eigenvalue weighted by Crippen LogP contribution is 2.33. The van der Waals surface area contributed by atoms with Crippen LogP contribution in [0.4, 0.5) is 5.69 Å². The molecule has 0 fully saturated rings. The summed E-state index contributed by atoms with van der Waals surface area (Å²) in [4.78, 5) is 25.9. The molecule has 2 heterocycles. The van der Waals surface area contributed by atoms with E-state index in [-0.39, 0.29) is 11.7 Å². The first-order chi connectivity index (χ1) is 13.0. The van der Waals surface area contributed by atoms with Gasteiger partial charge in [-0.3, -0.25) is 9.59 Å². The first-order valence-electron chi connectivity index (χ1n) is 8.90. The third kappa shape index (κ3) is 3.08. The minimum Gasteiger partial charge on any atom is -0.487 e. The SMILES string of the molecule is CCc1cccc(NC(=O)c2cn3c4c(ccc(Cl)c4c2=O)O[C@@H](C)C3)c1. The van der Waals surface area contributed by atoms with Gasteiger partial charge in [0.1, 0.15) is 17.4 Å². The largest absolute Gasteiger partial charge is 0.487 e. The van der Waals surface area contributed by atoms with E-state index in [9.17, 15) is 9.59 Å². The lowest BCUT2D eigenvalue weighted by Gasteiger charge is -2.26. The van der Waals surface area contributed by atoms with Gasteiger partial charge in [-0.2, -0.15) is 0 Å². The average molecular weight is 383 g/mol. The van der Waals surface area contributed by atoms with Crippen LogP contribution in [0.25, 0.3) is 10.9 Å². The van der Waals surface area contributed by atoms with E-state index in [2.05, 4.69) is 5.32 Å². The summed E-state index contributed by atoms with van der Waals surface area (Å²) in [5.74, 6) is 0.160. The van der Waals surface area contributed by atoms with Crippen molar-refractivity contribution in [3.63, 3.8) is 0 Å². The number of hydrogen-bond donors (Lipinski definition) is 1. The number of benzene rings is 2. The number of anilines is 1. The fourth-order valence-electron chi connectivity index (χ4n) is 3.46. The molecule has 138 valence electrons. The molecule has 0 saturated heterocycles. The van der Waals surface area contributed by atoms with Crippen molar-refractivity contribution in [1.29, 1.82) is 0 Å². The number of nitrogens with zero attached hydrogens (tertiary/aromatic N) is 1. The summed E-state index contributed by atoms with van der Waals surface area (Å²) < 4.78 is 7.69. The molecule has 1 aliphatic heterocycles. The molecule has 0 radical (unpaired) electrons. The molecule has 1 atom stereocenters. The van der Waals surface area contributed by atoms with Gasteiger partial charge in [-0.15, -0.1) is 0 Å². The Labute approximate surface area is 161 Å². The zero-order valence-electron chi connectivity index (χ0n) is 15.1. The Morgan fingerprint density at radius 2 is 2.15 bits per heavy atom. The number of hydrogen-bond acceptors (Lipinski definition) is 3. The molecule has 5 nitrogen and oxygen atoms in total. The quantitative estimate of drug-likeness (QED) is 0.736. The lowest BCUT2D eigenvalue weighted by Crippen LogP contribution is -2.30. The number of carbonyl (C=O) groups excluding carboxylic acids is 1. The molecular formula is C21H19ClN2O3. The first-order valence-corrected chi connectivity index (χ1v) is 9.28. The van der Waals surface area contributed by atoms with Crippen LogP contribution in [0.5, 0.6) is 5.75 Å². The van der Waals surface area contributed by atoms with E-state index in [0.29, 0.717) is 33.9 Å². The van der Waals surface area contributed by atoms with Crippen LogP contribution >= 0.6 is 11.6 Å². The first kappa shape index (κ1) is 17.6. The molecule has 0 unspecified atom stereocenters. The van der Waals surface area contributed by atoms with Crippen LogP contribution in [0.2, 0.25) is 5.02 Å². The molecule has 0 saturated carbocycles. The molecule has 27 heavy (non-hydrogen) atoms. The smallest absolute Gasteiger partial charge is 0.261 e. The number of nitrogens with one attached hydrogen (secondary N) is 1. The minimum absolute atomic E-state index is 0.0672. The maximum atomic E-state index is 13.0. The fraction of sp³-hybridized carbons (Fsp3) is 0.238. The zero-order chi connectivity index (χ0) is 19.1. The predicted molar refractivity (Wildman–Crippen MR) is 107 cm³/mol. The van der Waals surface area contributed by atoms with Crippen molar-refractivity contribution >= 4 is 34.1 Å². The van der Waals surface area contributed by atoms with Gasteiger partial charge in [-0.25, -0.2) is 0 Å². The summed E-state index contributed by atoms with van der Waals surface area (Å²) in [6.07, 6.45) is 2.40. The fourth-order valence-corrected chi connectivity index (χ4v) is 3.70.